The van der Waals surface area contributed by atoms with Gasteiger partial charge in [0.25, 0.3) is 0 Å². The van der Waals surface area contributed by atoms with E-state index in [-0.39, 0.29) is 11.8 Å². The van der Waals surface area contributed by atoms with Gasteiger partial charge in [-0.3, -0.25) is 9.59 Å². The minimum Gasteiger partial charge on any atom is -0.496 e. The van der Waals surface area contributed by atoms with E-state index < -0.39 is 11.9 Å². The third kappa shape index (κ3) is 3.42. The molecule has 1 aliphatic heterocycles. The third-order valence-electron chi connectivity index (χ3n) is 3.86. The van der Waals surface area contributed by atoms with Gasteiger partial charge in [-0.25, -0.2) is 0 Å². The number of benzene rings is 1. The number of hydrogen-bond acceptors (Lipinski definition) is 3. The molecule has 0 spiro atoms. The number of aliphatic carboxylic acids is 1. The van der Waals surface area contributed by atoms with Crippen LogP contribution in [0.3, 0.4) is 0 Å². The minimum absolute atomic E-state index is 0.0473. The number of carboxylic acids is 1. The van der Waals surface area contributed by atoms with Gasteiger partial charge in [0.15, 0.2) is 0 Å². The van der Waals surface area contributed by atoms with Crippen LogP contribution >= 0.6 is 0 Å². The van der Waals surface area contributed by atoms with Gasteiger partial charge in [0, 0.05) is 30.6 Å². The molecule has 0 aromatic heterocycles. The molecule has 0 saturated carbocycles. The van der Waals surface area contributed by atoms with Crippen LogP contribution in [0.2, 0.25) is 0 Å². The van der Waals surface area contributed by atoms with Crippen molar-refractivity contribution < 1.29 is 19.4 Å². The molecular formula is C16H19NO4. The molecule has 21 heavy (non-hydrogen) atoms. The summed E-state index contributed by atoms with van der Waals surface area (Å²) >= 11 is 0. The quantitative estimate of drug-likeness (QED) is 0.841. The predicted molar refractivity (Wildman–Crippen MR) is 78.9 cm³/mol. The summed E-state index contributed by atoms with van der Waals surface area (Å²) < 4.78 is 5.21. The number of carbonyl (C=O) groups is 2. The predicted octanol–water partition coefficient (Wildman–Crippen LogP) is 1.89. The number of ether oxygens (including phenoxy) is 1. The highest BCUT2D eigenvalue weighted by Gasteiger charge is 2.36. The first-order valence-corrected chi connectivity index (χ1v) is 6.85. The Labute approximate surface area is 123 Å². The summed E-state index contributed by atoms with van der Waals surface area (Å²) in [5.74, 6) is -0.563. The molecular weight excluding hydrogens is 270 g/mol. The Bertz CT molecular complexity index is 561. The van der Waals surface area contributed by atoms with Gasteiger partial charge in [-0.05, 0) is 12.1 Å². The fourth-order valence-electron chi connectivity index (χ4n) is 2.28. The fraction of sp³-hybridized carbons (Fsp3) is 0.375. The average Bonchev–Trinajstić information content (AvgIpc) is 2.43. The third-order valence-corrected chi connectivity index (χ3v) is 3.86. The lowest BCUT2D eigenvalue weighted by Gasteiger charge is -2.40. The summed E-state index contributed by atoms with van der Waals surface area (Å²) in [5.41, 5.74) is 0.837. The molecule has 1 unspecified atom stereocenters. The summed E-state index contributed by atoms with van der Waals surface area (Å²) in [6.45, 7) is 2.69. The van der Waals surface area contributed by atoms with Crippen molar-refractivity contribution in [3.05, 3.63) is 35.9 Å². The number of amides is 1. The van der Waals surface area contributed by atoms with Crippen LogP contribution in [0, 0.1) is 11.8 Å². The van der Waals surface area contributed by atoms with Crippen LogP contribution in [0.25, 0.3) is 6.08 Å². The maximum atomic E-state index is 12.0. The van der Waals surface area contributed by atoms with E-state index in [1.807, 2.05) is 24.3 Å². The van der Waals surface area contributed by atoms with E-state index in [1.165, 1.54) is 6.08 Å². The van der Waals surface area contributed by atoms with Gasteiger partial charge in [0.05, 0.1) is 13.0 Å². The second-order valence-electron chi connectivity index (χ2n) is 5.21. The van der Waals surface area contributed by atoms with Crippen molar-refractivity contribution in [3.63, 3.8) is 0 Å². The van der Waals surface area contributed by atoms with E-state index in [1.54, 1.807) is 25.0 Å². The standard InChI is InChI=1S/C16H19NO4/c1-11(16(19)20)13-9-17(10-13)15(18)8-7-12-5-3-4-6-14(12)21-2/h3-8,11,13H,9-10H2,1-2H3,(H,19,20)/b8-7+. The van der Waals surface area contributed by atoms with Crippen molar-refractivity contribution in [2.24, 2.45) is 11.8 Å². The van der Waals surface area contributed by atoms with Crippen LogP contribution in [-0.2, 0) is 9.59 Å². The first-order chi connectivity index (χ1) is 10.0. The second kappa shape index (κ2) is 6.43. The molecule has 1 amide bonds. The minimum atomic E-state index is -0.809. The first-order valence-electron chi connectivity index (χ1n) is 6.85. The monoisotopic (exact) mass is 289 g/mol. The molecule has 1 N–H and O–H groups in total. The molecule has 1 saturated heterocycles. The Morgan fingerprint density at radius 3 is 2.67 bits per heavy atom. The zero-order chi connectivity index (χ0) is 15.4. The Balaban J connectivity index is 1.92. The zero-order valence-electron chi connectivity index (χ0n) is 12.2. The summed E-state index contributed by atoms with van der Waals surface area (Å²) in [5, 5.41) is 8.92. The average molecular weight is 289 g/mol. The summed E-state index contributed by atoms with van der Waals surface area (Å²) in [6, 6.07) is 7.44. The lowest BCUT2D eigenvalue weighted by molar-refractivity contribution is -0.148. The molecule has 2 rings (SSSR count). The van der Waals surface area contributed by atoms with E-state index >= 15 is 0 Å². The number of nitrogens with zero attached hydrogens (tertiary/aromatic N) is 1. The maximum Gasteiger partial charge on any atom is 0.306 e. The van der Waals surface area contributed by atoms with Crippen LogP contribution in [0.15, 0.2) is 30.3 Å². The fourth-order valence-corrected chi connectivity index (χ4v) is 2.28. The van der Waals surface area contributed by atoms with Gasteiger partial charge in [-0.2, -0.15) is 0 Å². The van der Waals surface area contributed by atoms with Crippen LogP contribution in [-0.4, -0.2) is 42.1 Å². The molecule has 1 atom stereocenters. The number of hydrogen-bond donors (Lipinski definition) is 1. The lowest BCUT2D eigenvalue weighted by Crippen LogP contribution is -2.53. The van der Waals surface area contributed by atoms with Crippen LogP contribution in [0.4, 0.5) is 0 Å². The molecule has 1 aromatic rings. The Morgan fingerprint density at radius 1 is 1.38 bits per heavy atom. The highest BCUT2D eigenvalue weighted by molar-refractivity contribution is 5.92. The van der Waals surface area contributed by atoms with Gasteiger partial charge in [0.1, 0.15) is 5.75 Å². The van der Waals surface area contributed by atoms with Crippen molar-refractivity contribution >= 4 is 18.0 Å². The smallest absolute Gasteiger partial charge is 0.306 e. The summed E-state index contributed by atoms with van der Waals surface area (Å²) in [7, 11) is 1.59. The van der Waals surface area contributed by atoms with Crippen molar-refractivity contribution in [2.45, 2.75) is 6.92 Å². The van der Waals surface area contributed by atoms with E-state index in [9.17, 15) is 9.59 Å². The molecule has 1 fully saturated rings. The molecule has 1 heterocycles. The normalized spacial score (nSPS) is 16.6. The van der Waals surface area contributed by atoms with Gasteiger partial charge in [-0.1, -0.05) is 25.1 Å². The Kier molecular flexibility index (Phi) is 4.62. The Hall–Kier alpha value is -2.30. The van der Waals surface area contributed by atoms with Gasteiger partial charge in [0.2, 0.25) is 5.91 Å². The number of carbonyl (C=O) groups excluding carboxylic acids is 1. The molecule has 1 aliphatic rings. The molecule has 1 aromatic carbocycles. The number of methoxy groups -OCH3 is 1. The summed E-state index contributed by atoms with van der Waals surface area (Å²) in [6.07, 6.45) is 3.22. The van der Waals surface area contributed by atoms with Gasteiger partial charge < -0.3 is 14.7 Å². The molecule has 5 heteroatoms. The van der Waals surface area contributed by atoms with Crippen molar-refractivity contribution in [2.75, 3.05) is 20.2 Å². The van der Waals surface area contributed by atoms with Crippen LogP contribution in [0.1, 0.15) is 12.5 Å². The van der Waals surface area contributed by atoms with Crippen molar-refractivity contribution in [1.29, 1.82) is 0 Å². The molecule has 112 valence electrons. The molecule has 0 aliphatic carbocycles. The van der Waals surface area contributed by atoms with Crippen molar-refractivity contribution in [3.8, 4) is 5.75 Å². The molecule has 0 radical (unpaired) electrons. The van der Waals surface area contributed by atoms with Crippen LogP contribution in [0.5, 0.6) is 5.75 Å². The SMILES string of the molecule is COc1ccccc1/C=C/C(=O)N1CC(C(C)C(=O)O)C1. The topological polar surface area (TPSA) is 66.8 Å². The van der Waals surface area contributed by atoms with E-state index in [0.29, 0.717) is 18.8 Å². The highest BCUT2D eigenvalue weighted by atomic mass is 16.5. The highest BCUT2D eigenvalue weighted by Crippen LogP contribution is 2.25. The zero-order valence-corrected chi connectivity index (χ0v) is 12.2. The number of para-hydroxylation sites is 1. The number of rotatable bonds is 5. The van der Waals surface area contributed by atoms with E-state index in [2.05, 4.69) is 0 Å². The maximum absolute atomic E-state index is 12.0. The van der Waals surface area contributed by atoms with Crippen molar-refractivity contribution in [1.82, 2.24) is 4.90 Å². The van der Waals surface area contributed by atoms with Gasteiger partial charge >= 0.3 is 5.97 Å². The first kappa shape index (κ1) is 15.1. The number of likely N-dealkylation sites (tertiary alicyclic amines) is 1. The van der Waals surface area contributed by atoms with E-state index in [0.717, 1.165) is 5.56 Å². The molecule has 5 nitrogen and oxygen atoms in total. The summed E-state index contributed by atoms with van der Waals surface area (Å²) in [4.78, 5) is 24.5. The second-order valence-corrected chi connectivity index (χ2v) is 5.21. The van der Waals surface area contributed by atoms with Crippen LogP contribution < -0.4 is 4.74 Å². The van der Waals surface area contributed by atoms with Gasteiger partial charge in [-0.15, -0.1) is 0 Å². The molecule has 0 bridgehead atoms. The number of carboxylic acid groups (broad SMARTS) is 1. The lowest BCUT2D eigenvalue weighted by atomic mass is 9.87. The van der Waals surface area contributed by atoms with E-state index in [4.69, 9.17) is 9.84 Å². The Morgan fingerprint density at radius 2 is 2.05 bits per heavy atom. The largest absolute Gasteiger partial charge is 0.496 e.